The number of piperidine rings is 1. The molecule has 2 fully saturated rings. The smallest absolute Gasteiger partial charge is 0.354 e. The Hall–Kier alpha value is -2.40. The first-order valence-electron chi connectivity index (χ1n) is 10.7. The normalized spacial score (nSPS) is 18.7. The standard InChI is InChI=1S/C21H26F3N5O2S/c22-21(23,24)18-6-4-17(5-7-18)16-32(30,31)29-14-12-27(13-15-29)19-8-9-25-20(26-19)28-10-2-1-3-11-28/h4-9H,1-3,10-16H2. The van der Waals surface area contributed by atoms with E-state index in [0.29, 0.717) is 37.7 Å². The van der Waals surface area contributed by atoms with Crippen molar-refractivity contribution in [2.45, 2.75) is 31.2 Å². The van der Waals surface area contributed by atoms with Gasteiger partial charge in [0.05, 0.1) is 11.3 Å². The predicted molar refractivity (Wildman–Crippen MR) is 116 cm³/mol. The molecule has 2 saturated heterocycles. The van der Waals surface area contributed by atoms with Crippen molar-refractivity contribution in [3.8, 4) is 0 Å². The number of rotatable bonds is 5. The molecule has 4 rings (SSSR count). The van der Waals surface area contributed by atoms with E-state index >= 15 is 0 Å². The van der Waals surface area contributed by atoms with Crippen molar-refractivity contribution in [3.63, 3.8) is 0 Å². The monoisotopic (exact) mass is 469 g/mol. The highest BCUT2D eigenvalue weighted by atomic mass is 32.2. The van der Waals surface area contributed by atoms with Crippen LogP contribution in [-0.2, 0) is 22.0 Å². The van der Waals surface area contributed by atoms with Crippen LogP contribution in [0, 0.1) is 0 Å². The molecular formula is C21H26F3N5O2S. The van der Waals surface area contributed by atoms with Crippen molar-refractivity contribution in [1.29, 1.82) is 0 Å². The molecule has 0 N–H and O–H groups in total. The topological polar surface area (TPSA) is 69.6 Å². The van der Waals surface area contributed by atoms with Crippen LogP contribution >= 0.6 is 0 Å². The van der Waals surface area contributed by atoms with Gasteiger partial charge < -0.3 is 9.80 Å². The van der Waals surface area contributed by atoms with Crippen LogP contribution in [0.5, 0.6) is 0 Å². The van der Waals surface area contributed by atoms with Crippen LogP contribution in [0.2, 0.25) is 0 Å². The lowest BCUT2D eigenvalue weighted by Gasteiger charge is -2.35. The summed E-state index contributed by atoms with van der Waals surface area (Å²) in [4.78, 5) is 13.3. The molecule has 7 nitrogen and oxygen atoms in total. The van der Waals surface area contributed by atoms with Gasteiger partial charge in [-0.1, -0.05) is 12.1 Å². The number of alkyl halides is 3. The maximum Gasteiger partial charge on any atom is 0.416 e. The number of benzene rings is 1. The van der Waals surface area contributed by atoms with Crippen molar-refractivity contribution in [1.82, 2.24) is 14.3 Å². The van der Waals surface area contributed by atoms with Gasteiger partial charge in [0.1, 0.15) is 5.82 Å². The van der Waals surface area contributed by atoms with Gasteiger partial charge in [-0.05, 0) is 43.0 Å². The Labute approximate surface area is 185 Å². The van der Waals surface area contributed by atoms with Crippen LogP contribution in [0.15, 0.2) is 36.5 Å². The van der Waals surface area contributed by atoms with Crippen molar-refractivity contribution < 1.29 is 21.6 Å². The van der Waals surface area contributed by atoms with Gasteiger partial charge in [-0.3, -0.25) is 0 Å². The molecule has 0 bridgehead atoms. The van der Waals surface area contributed by atoms with Gasteiger partial charge >= 0.3 is 6.18 Å². The fourth-order valence-electron chi connectivity index (χ4n) is 4.05. The number of sulfonamides is 1. The largest absolute Gasteiger partial charge is 0.416 e. The van der Waals surface area contributed by atoms with Gasteiger partial charge in [-0.15, -0.1) is 0 Å². The maximum absolute atomic E-state index is 12.8. The molecular weight excluding hydrogens is 443 g/mol. The molecule has 0 unspecified atom stereocenters. The predicted octanol–water partition coefficient (Wildman–Crippen LogP) is 3.14. The summed E-state index contributed by atoms with van der Waals surface area (Å²) >= 11 is 0. The summed E-state index contributed by atoms with van der Waals surface area (Å²) < 4.78 is 65.1. The van der Waals surface area contributed by atoms with Crippen LogP contribution in [-0.4, -0.2) is 62.0 Å². The van der Waals surface area contributed by atoms with Crippen LogP contribution in [0.1, 0.15) is 30.4 Å². The Balaban J connectivity index is 1.36. The SMILES string of the molecule is O=S(=O)(Cc1ccc(C(F)(F)F)cc1)N1CCN(c2ccnc(N3CCCCC3)n2)CC1. The van der Waals surface area contributed by atoms with E-state index in [4.69, 9.17) is 0 Å². The Bertz CT molecular complexity index is 1020. The lowest BCUT2D eigenvalue weighted by Crippen LogP contribution is -2.49. The third-order valence-corrected chi connectivity index (χ3v) is 7.70. The molecule has 0 atom stereocenters. The minimum absolute atomic E-state index is 0.298. The number of aromatic nitrogens is 2. The summed E-state index contributed by atoms with van der Waals surface area (Å²) in [5, 5.41) is 0. The highest BCUT2D eigenvalue weighted by Gasteiger charge is 2.31. The van der Waals surface area contributed by atoms with E-state index < -0.39 is 21.8 Å². The molecule has 0 radical (unpaired) electrons. The first-order valence-corrected chi connectivity index (χ1v) is 12.3. The third-order valence-electron chi connectivity index (χ3n) is 5.85. The van der Waals surface area contributed by atoms with Gasteiger partial charge in [0, 0.05) is 45.5 Å². The zero-order valence-electron chi connectivity index (χ0n) is 17.6. The summed E-state index contributed by atoms with van der Waals surface area (Å²) in [7, 11) is -3.63. The van der Waals surface area contributed by atoms with Crippen LogP contribution in [0.4, 0.5) is 24.9 Å². The van der Waals surface area contributed by atoms with Crippen molar-refractivity contribution in [2.75, 3.05) is 49.1 Å². The minimum atomic E-state index is -4.44. The average molecular weight is 470 g/mol. The Morgan fingerprint density at radius 3 is 2.12 bits per heavy atom. The highest BCUT2D eigenvalue weighted by molar-refractivity contribution is 7.88. The molecule has 1 aromatic heterocycles. The number of hydrogen-bond donors (Lipinski definition) is 0. The lowest BCUT2D eigenvalue weighted by atomic mass is 10.1. The first kappa shape index (κ1) is 22.8. The summed E-state index contributed by atoms with van der Waals surface area (Å²) in [5.41, 5.74) is -0.455. The van der Waals surface area contributed by atoms with Crippen molar-refractivity contribution in [2.24, 2.45) is 0 Å². The summed E-state index contributed by atoms with van der Waals surface area (Å²) in [6.07, 6.45) is 0.772. The third kappa shape index (κ3) is 5.32. The molecule has 1 aromatic carbocycles. The van der Waals surface area contributed by atoms with Crippen molar-refractivity contribution in [3.05, 3.63) is 47.7 Å². The molecule has 32 heavy (non-hydrogen) atoms. The molecule has 2 aliphatic rings. The summed E-state index contributed by atoms with van der Waals surface area (Å²) in [6, 6.07) is 6.11. The van der Waals surface area contributed by atoms with Gasteiger partial charge in [0.15, 0.2) is 0 Å². The zero-order valence-corrected chi connectivity index (χ0v) is 18.4. The highest BCUT2D eigenvalue weighted by Crippen LogP contribution is 2.29. The lowest BCUT2D eigenvalue weighted by molar-refractivity contribution is -0.137. The van der Waals surface area contributed by atoms with E-state index in [2.05, 4.69) is 14.9 Å². The van der Waals surface area contributed by atoms with Crippen LogP contribution in [0.3, 0.4) is 0 Å². The van der Waals surface area contributed by atoms with E-state index in [1.54, 1.807) is 6.20 Å². The Kier molecular flexibility index (Phi) is 6.57. The molecule has 174 valence electrons. The summed E-state index contributed by atoms with van der Waals surface area (Å²) in [5.74, 6) is 1.16. The number of hydrogen-bond acceptors (Lipinski definition) is 6. The molecule has 2 aromatic rings. The summed E-state index contributed by atoms with van der Waals surface area (Å²) in [6.45, 7) is 3.46. The number of halogens is 3. The molecule has 0 saturated carbocycles. The second-order valence-corrected chi connectivity index (χ2v) is 10.1. The van der Waals surface area contributed by atoms with Crippen molar-refractivity contribution >= 4 is 21.8 Å². The van der Waals surface area contributed by atoms with E-state index in [1.807, 2.05) is 11.0 Å². The molecule has 0 aliphatic carbocycles. The van der Waals surface area contributed by atoms with Gasteiger partial charge in [0.25, 0.3) is 0 Å². The van der Waals surface area contributed by atoms with Crippen LogP contribution in [0.25, 0.3) is 0 Å². The quantitative estimate of drug-likeness (QED) is 0.670. The second-order valence-electron chi connectivity index (χ2n) is 8.10. The van der Waals surface area contributed by atoms with E-state index in [-0.39, 0.29) is 5.75 Å². The molecule has 0 spiro atoms. The number of anilines is 2. The van der Waals surface area contributed by atoms with Gasteiger partial charge in [-0.2, -0.15) is 22.5 Å². The van der Waals surface area contributed by atoms with E-state index in [9.17, 15) is 21.6 Å². The number of nitrogens with zero attached hydrogens (tertiary/aromatic N) is 5. The first-order chi connectivity index (χ1) is 15.2. The molecule has 2 aliphatic heterocycles. The zero-order chi connectivity index (χ0) is 22.8. The van der Waals surface area contributed by atoms with Gasteiger partial charge in [-0.25, -0.2) is 13.4 Å². The fourth-order valence-corrected chi connectivity index (χ4v) is 5.56. The van der Waals surface area contributed by atoms with Gasteiger partial charge in [0.2, 0.25) is 16.0 Å². The Morgan fingerprint density at radius 1 is 0.844 bits per heavy atom. The minimum Gasteiger partial charge on any atom is -0.354 e. The van der Waals surface area contributed by atoms with E-state index in [0.717, 1.165) is 43.9 Å². The van der Waals surface area contributed by atoms with E-state index in [1.165, 1.54) is 22.9 Å². The average Bonchev–Trinajstić information content (AvgIpc) is 2.79. The maximum atomic E-state index is 12.8. The molecule has 0 amide bonds. The van der Waals surface area contributed by atoms with Crippen LogP contribution < -0.4 is 9.80 Å². The fraction of sp³-hybridized carbons (Fsp3) is 0.524. The number of piperazine rings is 1. The second kappa shape index (κ2) is 9.22. The molecule has 3 heterocycles. The Morgan fingerprint density at radius 2 is 1.50 bits per heavy atom. The molecule has 11 heteroatoms.